The van der Waals surface area contributed by atoms with E-state index in [1.165, 1.54) is 11.9 Å². The smallest absolute Gasteiger partial charge is 0.407 e. The van der Waals surface area contributed by atoms with Crippen molar-refractivity contribution in [3.8, 4) is 11.1 Å². The van der Waals surface area contributed by atoms with Crippen LogP contribution in [0.5, 0.6) is 0 Å². The molecule has 0 radical (unpaired) electrons. The van der Waals surface area contributed by atoms with Gasteiger partial charge in [-0.3, -0.25) is 14.4 Å². The second kappa shape index (κ2) is 12.6. The number of hydrogen-bond acceptors (Lipinski definition) is 5. The van der Waals surface area contributed by atoms with Crippen LogP contribution in [0, 0.1) is 11.8 Å². The Morgan fingerprint density at radius 2 is 1.53 bits per heavy atom. The van der Waals surface area contributed by atoms with Crippen LogP contribution in [0.25, 0.3) is 11.1 Å². The van der Waals surface area contributed by atoms with Crippen LogP contribution in [0.2, 0.25) is 0 Å². The number of hydrogen-bond donors (Lipinski definition) is 3. The summed E-state index contributed by atoms with van der Waals surface area (Å²) in [4.78, 5) is 51.3. The standard InChI is InChI=1S/C29H37N3O6/c1-6-18(4)25(28(36)32(5)26(17(2)3)27(35)30-15-24(33)34)31-29(37)38-16-23-21-13-9-7-11-19(21)20-12-8-10-14-22(20)23/h7-14,17-18,23,25-26H,6,15-16H2,1-5H3,(H,30,35)(H,31,37)(H,33,34)/t18-,25-,26-/m0/s1. The van der Waals surface area contributed by atoms with Crippen molar-refractivity contribution < 1.29 is 29.0 Å². The fourth-order valence-corrected chi connectivity index (χ4v) is 5.00. The number of amides is 3. The van der Waals surface area contributed by atoms with Crippen LogP contribution in [0.4, 0.5) is 4.79 Å². The number of alkyl carbamates (subject to hydrolysis) is 1. The van der Waals surface area contributed by atoms with Crippen molar-refractivity contribution in [3.05, 3.63) is 59.7 Å². The van der Waals surface area contributed by atoms with Crippen molar-refractivity contribution in [2.24, 2.45) is 11.8 Å². The molecule has 3 atom stereocenters. The highest BCUT2D eigenvalue weighted by Crippen LogP contribution is 2.44. The molecule has 0 heterocycles. The van der Waals surface area contributed by atoms with Gasteiger partial charge in [-0.15, -0.1) is 0 Å². The van der Waals surface area contributed by atoms with Crippen LogP contribution in [0.1, 0.15) is 51.2 Å². The van der Waals surface area contributed by atoms with E-state index in [-0.39, 0.29) is 24.4 Å². The van der Waals surface area contributed by atoms with Crippen LogP contribution in [0.15, 0.2) is 48.5 Å². The van der Waals surface area contributed by atoms with Gasteiger partial charge in [-0.2, -0.15) is 0 Å². The number of nitrogens with one attached hydrogen (secondary N) is 2. The van der Waals surface area contributed by atoms with Gasteiger partial charge >= 0.3 is 12.1 Å². The molecule has 2 aromatic rings. The van der Waals surface area contributed by atoms with Crippen LogP contribution < -0.4 is 10.6 Å². The minimum absolute atomic E-state index is 0.114. The van der Waals surface area contributed by atoms with Gasteiger partial charge in [0.25, 0.3) is 0 Å². The van der Waals surface area contributed by atoms with Gasteiger partial charge in [0.15, 0.2) is 0 Å². The van der Waals surface area contributed by atoms with Crippen molar-refractivity contribution in [2.45, 2.75) is 52.1 Å². The molecule has 0 spiro atoms. The number of nitrogens with zero attached hydrogens (tertiary/aromatic N) is 1. The summed E-state index contributed by atoms with van der Waals surface area (Å²) in [5.41, 5.74) is 4.41. The molecule has 9 heteroatoms. The lowest BCUT2D eigenvalue weighted by Crippen LogP contribution is -2.58. The summed E-state index contributed by atoms with van der Waals surface area (Å²) in [5, 5.41) is 14.0. The number of carbonyl (C=O) groups is 4. The molecule has 0 saturated carbocycles. The summed E-state index contributed by atoms with van der Waals surface area (Å²) >= 11 is 0. The first-order valence-corrected chi connectivity index (χ1v) is 12.9. The SMILES string of the molecule is CC[C@H](C)[C@H](NC(=O)OCC1c2ccccc2-c2ccccc21)C(=O)N(C)[C@H](C(=O)NCC(=O)O)C(C)C. The Balaban J connectivity index is 1.72. The molecular weight excluding hydrogens is 486 g/mol. The zero-order valence-electron chi connectivity index (χ0n) is 22.6. The van der Waals surface area contributed by atoms with Gasteiger partial charge in [0.1, 0.15) is 25.2 Å². The van der Waals surface area contributed by atoms with E-state index >= 15 is 0 Å². The van der Waals surface area contributed by atoms with E-state index in [1.807, 2.05) is 50.2 Å². The molecule has 0 aliphatic heterocycles. The molecule has 0 aromatic heterocycles. The molecule has 9 nitrogen and oxygen atoms in total. The highest BCUT2D eigenvalue weighted by atomic mass is 16.5. The largest absolute Gasteiger partial charge is 0.480 e. The van der Waals surface area contributed by atoms with Crippen molar-refractivity contribution in [1.29, 1.82) is 0 Å². The van der Waals surface area contributed by atoms with Gasteiger partial charge in [0, 0.05) is 13.0 Å². The highest BCUT2D eigenvalue weighted by Gasteiger charge is 2.36. The number of rotatable bonds is 11. The maximum Gasteiger partial charge on any atom is 0.407 e. The van der Waals surface area contributed by atoms with Gasteiger partial charge in [-0.1, -0.05) is 82.6 Å². The third-order valence-corrected chi connectivity index (χ3v) is 7.17. The van der Waals surface area contributed by atoms with E-state index in [2.05, 4.69) is 22.8 Å². The summed E-state index contributed by atoms with van der Waals surface area (Å²) in [7, 11) is 1.49. The Bertz CT molecular complexity index is 1130. The zero-order chi connectivity index (χ0) is 28.0. The molecule has 3 rings (SSSR count). The minimum atomic E-state index is -1.18. The van der Waals surface area contributed by atoms with E-state index in [0.29, 0.717) is 6.42 Å². The van der Waals surface area contributed by atoms with E-state index in [4.69, 9.17) is 9.84 Å². The highest BCUT2D eigenvalue weighted by molar-refractivity contribution is 5.92. The number of carboxylic acid groups (broad SMARTS) is 1. The fraction of sp³-hybridized carbons (Fsp3) is 0.448. The van der Waals surface area contributed by atoms with Crippen LogP contribution in [-0.2, 0) is 19.1 Å². The van der Waals surface area contributed by atoms with Crippen LogP contribution >= 0.6 is 0 Å². The molecule has 204 valence electrons. The Morgan fingerprint density at radius 1 is 0.974 bits per heavy atom. The lowest BCUT2D eigenvalue weighted by molar-refractivity contribution is -0.144. The molecule has 0 unspecified atom stereocenters. The summed E-state index contributed by atoms with van der Waals surface area (Å²) in [6.45, 7) is 6.86. The lowest BCUT2D eigenvalue weighted by Gasteiger charge is -2.34. The van der Waals surface area contributed by atoms with Crippen LogP contribution in [-0.4, -0.2) is 66.2 Å². The maximum absolute atomic E-state index is 13.5. The molecule has 0 bridgehead atoms. The van der Waals surface area contributed by atoms with Crippen molar-refractivity contribution in [2.75, 3.05) is 20.2 Å². The second-order valence-corrected chi connectivity index (χ2v) is 10.1. The Morgan fingerprint density at radius 3 is 2.03 bits per heavy atom. The molecule has 1 aliphatic rings. The summed E-state index contributed by atoms with van der Waals surface area (Å²) in [6.07, 6.45) is -0.110. The number of carbonyl (C=O) groups excluding carboxylic acids is 3. The average Bonchev–Trinajstić information content (AvgIpc) is 3.22. The molecule has 3 amide bonds. The molecule has 0 saturated heterocycles. The van der Waals surface area contributed by atoms with Gasteiger partial charge in [-0.05, 0) is 34.1 Å². The minimum Gasteiger partial charge on any atom is -0.480 e. The average molecular weight is 524 g/mol. The first kappa shape index (κ1) is 28.7. The molecule has 0 fully saturated rings. The first-order valence-electron chi connectivity index (χ1n) is 12.9. The van der Waals surface area contributed by atoms with E-state index in [0.717, 1.165) is 22.3 Å². The number of aliphatic carboxylic acids is 1. The quantitative estimate of drug-likeness (QED) is 0.413. The predicted octanol–water partition coefficient (Wildman–Crippen LogP) is 3.62. The lowest BCUT2D eigenvalue weighted by atomic mass is 9.95. The van der Waals surface area contributed by atoms with Crippen molar-refractivity contribution >= 4 is 23.9 Å². The molecule has 2 aromatic carbocycles. The number of benzene rings is 2. The van der Waals surface area contributed by atoms with Crippen molar-refractivity contribution in [3.63, 3.8) is 0 Å². The van der Waals surface area contributed by atoms with E-state index in [1.54, 1.807) is 13.8 Å². The zero-order valence-corrected chi connectivity index (χ0v) is 22.6. The van der Waals surface area contributed by atoms with Gasteiger partial charge < -0.3 is 25.4 Å². The van der Waals surface area contributed by atoms with Gasteiger partial charge in [0.2, 0.25) is 11.8 Å². The summed E-state index contributed by atoms with van der Waals surface area (Å²) < 4.78 is 5.65. The van der Waals surface area contributed by atoms with E-state index in [9.17, 15) is 19.2 Å². The topological polar surface area (TPSA) is 125 Å². The number of ether oxygens (including phenoxy) is 1. The molecular formula is C29H37N3O6. The van der Waals surface area contributed by atoms with Crippen molar-refractivity contribution in [1.82, 2.24) is 15.5 Å². The number of fused-ring (bicyclic) bond motifs is 3. The summed E-state index contributed by atoms with van der Waals surface area (Å²) in [6, 6.07) is 14.2. The third-order valence-electron chi connectivity index (χ3n) is 7.17. The van der Waals surface area contributed by atoms with Gasteiger partial charge in [0.05, 0.1) is 0 Å². The van der Waals surface area contributed by atoms with Gasteiger partial charge in [-0.25, -0.2) is 4.79 Å². The normalized spacial score (nSPS) is 14.6. The number of carboxylic acids is 1. The predicted molar refractivity (Wildman–Crippen MR) is 143 cm³/mol. The fourth-order valence-electron chi connectivity index (χ4n) is 5.00. The Hall–Kier alpha value is -3.88. The maximum atomic E-state index is 13.5. The monoisotopic (exact) mass is 523 g/mol. The summed E-state index contributed by atoms with van der Waals surface area (Å²) in [5.74, 6) is -2.83. The Kier molecular flexibility index (Phi) is 9.50. The van der Waals surface area contributed by atoms with Crippen LogP contribution in [0.3, 0.4) is 0 Å². The first-order chi connectivity index (χ1) is 18.1. The molecule has 1 aliphatic carbocycles. The molecule has 38 heavy (non-hydrogen) atoms. The number of likely N-dealkylation sites (N-methyl/N-ethyl adjacent to an activating group) is 1. The Labute approximate surface area is 223 Å². The second-order valence-electron chi connectivity index (χ2n) is 10.1. The molecule has 3 N–H and O–H groups in total. The van der Waals surface area contributed by atoms with E-state index < -0.39 is 42.5 Å². The third kappa shape index (κ3) is 6.33.